The fourth-order valence-electron chi connectivity index (χ4n) is 0.759. The normalized spacial score (nSPS) is 22.1. The van der Waals surface area contributed by atoms with E-state index in [-0.39, 0.29) is 0 Å². The second kappa shape index (κ2) is 1.77. The second-order valence-corrected chi connectivity index (χ2v) is 2.89. The number of hydrogen-bond donors (Lipinski definition) is 0. The lowest BCUT2D eigenvalue weighted by molar-refractivity contribution is 0.575. The molecule has 0 aromatic heterocycles. The van der Waals surface area contributed by atoms with Gasteiger partial charge < -0.3 is 4.90 Å². The van der Waals surface area contributed by atoms with Gasteiger partial charge in [0.15, 0.2) is 0 Å². The van der Waals surface area contributed by atoms with Crippen molar-refractivity contribution in [2.24, 2.45) is 0 Å². The van der Waals surface area contributed by atoms with Gasteiger partial charge in [-0.15, -0.1) is 0 Å². The van der Waals surface area contributed by atoms with Crippen LogP contribution in [0.25, 0.3) is 0 Å². The summed E-state index contributed by atoms with van der Waals surface area (Å²) in [6.45, 7) is 5.37. The average Bonchev–Trinajstić information content (AvgIpc) is 2.35. The maximum atomic E-state index is 8.15. The first-order valence-electron chi connectivity index (χ1n) is 3.00. The lowest BCUT2D eigenvalue weighted by Gasteiger charge is -1.98. The summed E-state index contributed by atoms with van der Waals surface area (Å²) in [5.41, 5.74) is 0.313. The first kappa shape index (κ1) is 6.15. The third kappa shape index (κ3) is 1.23. The predicted octanol–water partition coefficient (Wildman–Crippen LogP) is 1.12. The molecule has 0 N–H and O–H groups in total. The van der Waals surface area contributed by atoms with Gasteiger partial charge in [0.05, 0.1) is 11.6 Å². The highest BCUT2D eigenvalue weighted by molar-refractivity contribution is 5.11. The van der Waals surface area contributed by atoms with Crippen molar-refractivity contribution in [2.45, 2.75) is 19.4 Å². The van der Waals surface area contributed by atoms with Gasteiger partial charge in [0.1, 0.15) is 0 Å². The molecule has 1 fully saturated rings. The molecule has 2 heteroatoms. The second-order valence-electron chi connectivity index (χ2n) is 2.89. The fourth-order valence-corrected chi connectivity index (χ4v) is 0.759. The van der Waals surface area contributed by atoms with Gasteiger partial charge in [-0.05, 0) is 13.8 Å². The van der Waals surface area contributed by atoms with Gasteiger partial charge in [0.25, 0.3) is 0 Å². The number of nitrogens with zero attached hydrogens (tertiary/aromatic N) is 2. The van der Waals surface area contributed by atoms with Gasteiger partial charge in [-0.1, -0.05) is 0 Å². The molecule has 0 bridgehead atoms. The lowest BCUT2D eigenvalue weighted by atomic mass is 10.2. The summed E-state index contributed by atoms with van der Waals surface area (Å²) in [5.74, 6) is 0. The Morgan fingerprint density at radius 3 is 2.56 bits per heavy atom. The van der Waals surface area contributed by atoms with Crippen molar-refractivity contribution in [3.63, 3.8) is 0 Å². The Morgan fingerprint density at radius 2 is 2.22 bits per heavy atom. The van der Waals surface area contributed by atoms with Crippen molar-refractivity contribution in [3.8, 4) is 6.07 Å². The molecule has 0 atom stereocenters. The van der Waals surface area contributed by atoms with Gasteiger partial charge in [0, 0.05) is 18.8 Å². The predicted molar refractivity (Wildman–Crippen MR) is 35.5 cm³/mol. The van der Waals surface area contributed by atoms with Gasteiger partial charge in [-0.25, -0.2) is 0 Å². The van der Waals surface area contributed by atoms with Crippen LogP contribution in [0.5, 0.6) is 0 Å². The maximum Gasteiger partial charge on any atom is 0.0927 e. The zero-order valence-corrected chi connectivity index (χ0v) is 5.76. The number of allylic oxidation sites excluding steroid dienone is 1. The molecule has 48 valence electrons. The zero-order valence-electron chi connectivity index (χ0n) is 5.76. The topological polar surface area (TPSA) is 26.8 Å². The Bertz CT molecular complexity index is 174. The van der Waals surface area contributed by atoms with Gasteiger partial charge in [0.2, 0.25) is 0 Å². The van der Waals surface area contributed by atoms with Crippen molar-refractivity contribution >= 4 is 0 Å². The van der Waals surface area contributed by atoms with Gasteiger partial charge >= 0.3 is 0 Å². The van der Waals surface area contributed by atoms with Crippen LogP contribution in [-0.2, 0) is 0 Å². The van der Waals surface area contributed by atoms with Crippen LogP contribution in [0.3, 0.4) is 0 Å². The Labute approximate surface area is 55.4 Å². The van der Waals surface area contributed by atoms with E-state index in [4.69, 9.17) is 5.26 Å². The summed E-state index contributed by atoms with van der Waals surface area (Å²) >= 11 is 0. The quantitative estimate of drug-likeness (QED) is 0.385. The smallest absolute Gasteiger partial charge is 0.0927 e. The summed E-state index contributed by atoms with van der Waals surface area (Å²) in [4.78, 5) is 2.12. The minimum atomic E-state index is 0.313. The molecule has 2 nitrogen and oxygen atoms in total. The van der Waals surface area contributed by atoms with E-state index < -0.39 is 0 Å². The van der Waals surface area contributed by atoms with E-state index >= 15 is 0 Å². The van der Waals surface area contributed by atoms with E-state index in [0.29, 0.717) is 5.54 Å². The molecular formula is C7H10N2. The van der Waals surface area contributed by atoms with Gasteiger partial charge in [-0.2, -0.15) is 5.26 Å². The highest BCUT2D eigenvalue weighted by atomic mass is 15.3. The van der Waals surface area contributed by atoms with E-state index in [1.807, 2.05) is 12.3 Å². The molecule has 0 spiro atoms. The first-order chi connectivity index (χ1) is 4.17. The zero-order chi connectivity index (χ0) is 6.91. The molecule has 1 aliphatic rings. The van der Waals surface area contributed by atoms with E-state index in [1.165, 1.54) is 6.08 Å². The number of hydrogen-bond acceptors (Lipinski definition) is 2. The molecule has 0 radical (unpaired) electrons. The van der Waals surface area contributed by atoms with Crippen LogP contribution in [0.2, 0.25) is 0 Å². The molecule has 9 heavy (non-hydrogen) atoms. The van der Waals surface area contributed by atoms with Crippen molar-refractivity contribution < 1.29 is 0 Å². The Kier molecular flexibility index (Phi) is 1.21. The van der Waals surface area contributed by atoms with Crippen LogP contribution >= 0.6 is 0 Å². The Balaban J connectivity index is 2.38. The summed E-state index contributed by atoms with van der Waals surface area (Å²) < 4.78 is 0. The highest BCUT2D eigenvalue weighted by Gasteiger charge is 2.39. The third-order valence-electron chi connectivity index (χ3n) is 1.56. The number of rotatable bonds is 1. The molecule has 0 aliphatic carbocycles. The Morgan fingerprint density at radius 1 is 1.67 bits per heavy atom. The van der Waals surface area contributed by atoms with E-state index in [0.717, 1.165) is 6.54 Å². The fraction of sp³-hybridized carbons (Fsp3) is 0.571. The maximum absolute atomic E-state index is 8.15. The molecular weight excluding hydrogens is 112 g/mol. The molecule has 1 aliphatic heterocycles. The monoisotopic (exact) mass is 122 g/mol. The average molecular weight is 122 g/mol. The van der Waals surface area contributed by atoms with Crippen molar-refractivity contribution in [3.05, 3.63) is 12.3 Å². The van der Waals surface area contributed by atoms with Crippen LogP contribution in [0.15, 0.2) is 12.3 Å². The highest BCUT2D eigenvalue weighted by Crippen LogP contribution is 2.30. The number of nitriles is 1. The minimum absolute atomic E-state index is 0.313. The minimum Gasteiger partial charge on any atom is -0.368 e. The summed E-state index contributed by atoms with van der Waals surface area (Å²) in [6, 6.07) is 1.95. The Hall–Kier alpha value is -0.970. The molecule has 0 saturated carbocycles. The summed E-state index contributed by atoms with van der Waals surface area (Å²) in [7, 11) is 0. The third-order valence-corrected chi connectivity index (χ3v) is 1.56. The van der Waals surface area contributed by atoms with Crippen LogP contribution in [0.4, 0.5) is 0 Å². The van der Waals surface area contributed by atoms with Gasteiger partial charge in [-0.3, -0.25) is 0 Å². The summed E-state index contributed by atoms with van der Waals surface area (Å²) in [5, 5.41) is 8.15. The van der Waals surface area contributed by atoms with Crippen molar-refractivity contribution in [1.29, 1.82) is 5.26 Å². The molecule has 1 heterocycles. The summed E-state index contributed by atoms with van der Waals surface area (Å²) in [6.07, 6.45) is 3.34. The lowest BCUT2D eigenvalue weighted by Crippen LogP contribution is -2.01. The molecule has 1 saturated heterocycles. The molecule has 1 rings (SSSR count). The van der Waals surface area contributed by atoms with Crippen molar-refractivity contribution in [2.75, 3.05) is 6.54 Å². The van der Waals surface area contributed by atoms with Crippen LogP contribution < -0.4 is 0 Å². The molecule has 0 aromatic carbocycles. The van der Waals surface area contributed by atoms with Crippen molar-refractivity contribution in [1.82, 2.24) is 4.90 Å². The molecule has 0 aromatic rings. The molecule has 0 unspecified atom stereocenters. The van der Waals surface area contributed by atoms with E-state index in [2.05, 4.69) is 18.7 Å². The SMILES string of the molecule is CC1(C)CN1/C=C/C#N. The van der Waals surface area contributed by atoms with Crippen LogP contribution in [-0.4, -0.2) is 17.0 Å². The van der Waals surface area contributed by atoms with Crippen LogP contribution in [0, 0.1) is 11.3 Å². The first-order valence-corrected chi connectivity index (χ1v) is 3.00. The molecule has 0 amide bonds. The standard InChI is InChI=1S/C7H10N2/c1-7(2)6-9(7)5-3-4-8/h3,5H,6H2,1-2H3/b5-3+. The van der Waals surface area contributed by atoms with E-state index in [1.54, 1.807) is 0 Å². The largest absolute Gasteiger partial charge is 0.368 e. The van der Waals surface area contributed by atoms with Crippen LogP contribution in [0.1, 0.15) is 13.8 Å². The van der Waals surface area contributed by atoms with E-state index in [9.17, 15) is 0 Å².